The fraction of sp³-hybridized carbons (Fsp3) is 0.190. The number of H-pyrrole nitrogens is 1. The summed E-state index contributed by atoms with van der Waals surface area (Å²) < 4.78 is 6.95. The zero-order chi connectivity index (χ0) is 21.8. The number of carbonyl (C=O) groups excluding carboxylic acids is 1. The lowest BCUT2D eigenvalue weighted by atomic mass is 10.2. The van der Waals surface area contributed by atoms with E-state index in [1.165, 1.54) is 18.0 Å². The molecule has 158 valence electrons. The van der Waals surface area contributed by atoms with Gasteiger partial charge in [0, 0.05) is 6.54 Å². The van der Waals surface area contributed by atoms with Crippen LogP contribution in [0.5, 0.6) is 0 Å². The van der Waals surface area contributed by atoms with E-state index in [-0.39, 0.29) is 29.0 Å². The van der Waals surface area contributed by atoms with Crippen LogP contribution in [-0.2, 0) is 13.1 Å². The molecule has 31 heavy (non-hydrogen) atoms. The van der Waals surface area contributed by atoms with Crippen LogP contribution in [0.25, 0.3) is 10.9 Å². The van der Waals surface area contributed by atoms with Crippen molar-refractivity contribution in [2.45, 2.75) is 30.4 Å². The Morgan fingerprint density at radius 3 is 2.94 bits per heavy atom. The Kier molecular flexibility index (Phi) is 5.99. The molecule has 0 bridgehead atoms. The average Bonchev–Trinajstić information content (AvgIpc) is 3.43. The summed E-state index contributed by atoms with van der Waals surface area (Å²) in [6, 6.07) is 10.4. The number of nitrogens with one attached hydrogen (secondary N) is 2. The lowest BCUT2D eigenvalue weighted by Crippen LogP contribution is -2.24. The highest BCUT2D eigenvalue weighted by Crippen LogP contribution is 2.32. The summed E-state index contributed by atoms with van der Waals surface area (Å²) in [6.45, 7) is 6.37. The Morgan fingerprint density at radius 2 is 2.16 bits per heavy atom. The Morgan fingerprint density at radius 1 is 1.32 bits per heavy atom. The molecule has 10 heteroatoms. The molecule has 0 saturated carbocycles. The smallest absolute Gasteiger partial charge is 0.287 e. The first-order chi connectivity index (χ1) is 15.1. The number of aromatic nitrogens is 5. The van der Waals surface area contributed by atoms with Crippen molar-refractivity contribution in [1.82, 2.24) is 30.0 Å². The van der Waals surface area contributed by atoms with Crippen LogP contribution in [-0.4, -0.2) is 30.6 Å². The van der Waals surface area contributed by atoms with Crippen molar-refractivity contribution in [2.24, 2.45) is 0 Å². The highest BCUT2D eigenvalue weighted by Gasteiger charge is 2.19. The highest BCUT2D eigenvalue weighted by atomic mass is 32.2. The van der Waals surface area contributed by atoms with Crippen LogP contribution in [0.2, 0.25) is 0 Å². The lowest BCUT2D eigenvalue weighted by molar-refractivity contribution is 0.0921. The molecule has 4 rings (SSSR count). The van der Waals surface area contributed by atoms with Gasteiger partial charge in [0.1, 0.15) is 5.82 Å². The minimum atomic E-state index is -0.335. The normalized spacial score (nSPS) is 12.0. The number of allylic oxidation sites excluding steroid dienone is 1. The number of furan rings is 1. The molecule has 2 N–H and O–H groups in total. The monoisotopic (exact) mass is 436 g/mol. The molecule has 0 aliphatic heterocycles. The SMILES string of the molecule is C=CCn1c(CNC(=O)c2ccco2)nnc1SC(C)c1nc2ccccc2c(=O)[nH]1. The first-order valence-electron chi connectivity index (χ1n) is 9.57. The van der Waals surface area contributed by atoms with Gasteiger partial charge in [-0.3, -0.25) is 9.59 Å². The van der Waals surface area contributed by atoms with Crippen molar-refractivity contribution >= 4 is 28.6 Å². The van der Waals surface area contributed by atoms with Crippen molar-refractivity contribution in [2.75, 3.05) is 0 Å². The third kappa shape index (κ3) is 4.43. The number of hydrogen-bond donors (Lipinski definition) is 2. The van der Waals surface area contributed by atoms with E-state index in [0.29, 0.717) is 34.3 Å². The van der Waals surface area contributed by atoms with Gasteiger partial charge >= 0.3 is 0 Å². The number of hydrogen-bond acceptors (Lipinski definition) is 7. The maximum absolute atomic E-state index is 12.4. The van der Waals surface area contributed by atoms with Crippen LogP contribution in [0.1, 0.15) is 34.4 Å². The molecule has 0 aliphatic rings. The summed E-state index contributed by atoms with van der Waals surface area (Å²) in [5, 5.41) is 12.2. The highest BCUT2D eigenvalue weighted by molar-refractivity contribution is 7.99. The van der Waals surface area contributed by atoms with Crippen LogP contribution in [0.15, 0.2) is 69.7 Å². The van der Waals surface area contributed by atoms with Gasteiger partial charge in [0.15, 0.2) is 16.7 Å². The molecule has 0 saturated heterocycles. The number of nitrogens with zero attached hydrogens (tertiary/aromatic N) is 4. The maximum Gasteiger partial charge on any atom is 0.287 e. The van der Waals surface area contributed by atoms with E-state index in [1.54, 1.807) is 30.3 Å². The molecular weight excluding hydrogens is 416 g/mol. The summed E-state index contributed by atoms with van der Waals surface area (Å²) >= 11 is 1.41. The van der Waals surface area contributed by atoms with Crippen molar-refractivity contribution < 1.29 is 9.21 Å². The van der Waals surface area contributed by atoms with E-state index < -0.39 is 0 Å². The predicted molar refractivity (Wildman–Crippen MR) is 117 cm³/mol. The van der Waals surface area contributed by atoms with Crippen molar-refractivity contribution in [3.8, 4) is 0 Å². The molecule has 3 aromatic heterocycles. The number of fused-ring (bicyclic) bond motifs is 1. The molecule has 1 atom stereocenters. The first-order valence-corrected chi connectivity index (χ1v) is 10.4. The first kappa shape index (κ1) is 20.6. The van der Waals surface area contributed by atoms with Gasteiger partial charge in [-0.05, 0) is 31.2 Å². The van der Waals surface area contributed by atoms with Gasteiger partial charge in [-0.1, -0.05) is 30.0 Å². The number of amides is 1. The second kappa shape index (κ2) is 9.00. The molecule has 4 aromatic rings. The quantitative estimate of drug-likeness (QED) is 0.322. The van der Waals surface area contributed by atoms with Crippen LogP contribution in [0, 0.1) is 0 Å². The predicted octanol–water partition coefficient (Wildman–Crippen LogP) is 3.08. The van der Waals surface area contributed by atoms with Crippen molar-refractivity contribution in [1.29, 1.82) is 0 Å². The fourth-order valence-corrected chi connectivity index (χ4v) is 3.95. The molecule has 0 aliphatic carbocycles. The second-order valence-electron chi connectivity index (χ2n) is 6.69. The van der Waals surface area contributed by atoms with Gasteiger partial charge in [0.2, 0.25) is 0 Å². The third-order valence-electron chi connectivity index (χ3n) is 4.56. The number of rotatable bonds is 8. The summed E-state index contributed by atoms with van der Waals surface area (Å²) in [6.07, 6.45) is 3.17. The average molecular weight is 436 g/mol. The molecule has 0 radical (unpaired) electrons. The molecular formula is C21H20N6O3S. The molecule has 0 fully saturated rings. The van der Waals surface area contributed by atoms with Gasteiger partial charge in [-0.15, -0.1) is 16.8 Å². The summed E-state index contributed by atoms with van der Waals surface area (Å²) in [4.78, 5) is 31.9. The fourth-order valence-electron chi connectivity index (χ4n) is 3.01. The van der Waals surface area contributed by atoms with Crippen LogP contribution in [0.4, 0.5) is 0 Å². The Balaban J connectivity index is 1.53. The van der Waals surface area contributed by atoms with Crippen molar-refractivity contribution in [3.63, 3.8) is 0 Å². The second-order valence-corrected chi connectivity index (χ2v) is 7.99. The van der Waals surface area contributed by atoms with Gasteiger partial charge in [0.05, 0.1) is 29.0 Å². The number of aromatic amines is 1. The number of benzene rings is 1. The Bertz CT molecular complexity index is 1280. The van der Waals surface area contributed by atoms with E-state index in [2.05, 4.69) is 32.1 Å². The molecule has 1 unspecified atom stereocenters. The molecule has 1 aromatic carbocycles. The van der Waals surface area contributed by atoms with Gasteiger partial charge in [-0.25, -0.2) is 4.98 Å². The Labute approximate surface area is 181 Å². The minimum Gasteiger partial charge on any atom is -0.459 e. The van der Waals surface area contributed by atoms with E-state index in [0.717, 1.165) is 0 Å². The minimum absolute atomic E-state index is 0.179. The number of para-hydroxylation sites is 1. The largest absolute Gasteiger partial charge is 0.459 e. The van der Waals surface area contributed by atoms with Gasteiger partial charge in [-0.2, -0.15) is 0 Å². The molecule has 1 amide bonds. The summed E-state index contributed by atoms with van der Waals surface area (Å²) in [7, 11) is 0. The van der Waals surface area contributed by atoms with E-state index in [9.17, 15) is 9.59 Å². The molecule has 3 heterocycles. The zero-order valence-electron chi connectivity index (χ0n) is 16.7. The van der Waals surface area contributed by atoms with Crippen LogP contribution >= 0.6 is 11.8 Å². The maximum atomic E-state index is 12.4. The summed E-state index contributed by atoms with van der Waals surface area (Å²) in [5.41, 5.74) is 0.463. The Hall–Kier alpha value is -3.66. The lowest BCUT2D eigenvalue weighted by Gasteiger charge is -2.12. The van der Waals surface area contributed by atoms with E-state index in [4.69, 9.17) is 4.42 Å². The molecule has 9 nitrogen and oxygen atoms in total. The van der Waals surface area contributed by atoms with Crippen molar-refractivity contribution in [3.05, 3.63) is 83.1 Å². The number of thioether (sulfide) groups is 1. The number of carbonyl (C=O) groups is 1. The molecule has 0 spiro atoms. The zero-order valence-corrected chi connectivity index (χ0v) is 17.6. The van der Waals surface area contributed by atoms with Gasteiger partial charge < -0.3 is 19.3 Å². The van der Waals surface area contributed by atoms with Gasteiger partial charge in [0.25, 0.3) is 11.5 Å². The topological polar surface area (TPSA) is 119 Å². The standard InChI is InChI=1S/C21H20N6O3S/c1-3-10-27-17(12-22-20(29)16-9-6-11-30-16)25-26-21(27)31-13(2)18-23-15-8-5-4-7-14(15)19(28)24-18/h3-9,11,13H,1,10,12H2,2H3,(H,22,29)(H,23,24,28). The van der Waals surface area contributed by atoms with Crippen LogP contribution < -0.4 is 10.9 Å². The van der Waals surface area contributed by atoms with E-state index in [1.807, 2.05) is 23.6 Å². The van der Waals surface area contributed by atoms with E-state index >= 15 is 0 Å². The van der Waals surface area contributed by atoms with Crippen LogP contribution in [0.3, 0.4) is 0 Å². The third-order valence-corrected chi connectivity index (χ3v) is 5.65. The summed E-state index contributed by atoms with van der Waals surface area (Å²) in [5.74, 6) is 1.02.